The minimum Gasteiger partial charge on any atom is -0.497 e. The first-order valence-corrected chi connectivity index (χ1v) is 7.81. The van der Waals surface area contributed by atoms with Crippen molar-refractivity contribution in [3.05, 3.63) is 23.8 Å². The van der Waals surface area contributed by atoms with Crippen molar-refractivity contribution < 1.29 is 24.2 Å². The monoisotopic (exact) mass is 338 g/mol. The SMILES string of the molecule is COc1ccc(OC)c(CCCNC(=O)N(C)CC(C)C(=O)O)c1. The van der Waals surface area contributed by atoms with E-state index in [0.717, 1.165) is 29.9 Å². The van der Waals surface area contributed by atoms with E-state index < -0.39 is 11.9 Å². The van der Waals surface area contributed by atoms with Crippen LogP contribution < -0.4 is 14.8 Å². The Morgan fingerprint density at radius 1 is 1.29 bits per heavy atom. The summed E-state index contributed by atoms with van der Waals surface area (Å²) in [4.78, 5) is 24.1. The van der Waals surface area contributed by atoms with Gasteiger partial charge < -0.3 is 24.8 Å². The summed E-state index contributed by atoms with van der Waals surface area (Å²) in [7, 11) is 4.81. The number of aryl methyl sites for hydroxylation is 1. The number of ether oxygens (including phenoxy) is 2. The van der Waals surface area contributed by atoms with Gasteiger partial charge in [0, 0.05) is 20.1 Å². The fourth-order valence-electron chi connectivity index (χ4n) is 2.26. The normalized spacial score (nSPS) is 11.5. The molecule has 0 aromatic heterocycles. The quantitative estimate of drug-likeness (QED) is 0.672. The second-order valence-corrected chi connectivity index (χ2v) is 5.63. The molecule has 0 saturated carbocycles. The molecule has 1 unspecified atom stereocenters. The van der Waals surface area contributed by atoms with E-state index in [1.165, 1.54) is 4.90 Å². The van der Waals surface area contributed by atoms with E-state index in [0.29, 0.717) is 6.54 Å². The molecule has 7 heteroatoms. The third kappa shape index (κ3) is 5.98. The Hall–Kier alpha value is -2.44. The Bertz CT molecular complexity index is 562. The van der Waals surface area contributed by atoms with Gasteiger partial charge in [0.15, 0.2) is 0 Å². The van der Waals surface area contributed by atoms with Gasteiger partial charge in [-0.1, -0.05) is 6.92 Å². The molecule has 0 bridgehead atoms. The van der Waals surface area contributed by atoms with Crippen LogP contribution in [0.3, 0.4) is 0 Å². The van der Waals surface area contributed by atoms with Crippen LogP contribution in [-0.2, 0) is 11.2 Å². The second kappa shape index (κ2) is 9.64. The van der Waals surface area contributed by atoms with Crippen LogP contribution in [0.2, 0.25) is 0 Å². The lowest BCUT2D eigenvalue weighted by molar-refractivity contribution is -0.141. The number of urea groups is 1. The van der Waals surface area contributed by atoms with Crippen LogP contribution >= 0.6 is 0 Å². The molecule has 0 aliphatic heterocycles. The molecule has 24 heavy (non-hydrogen) atoms. The van der Waals surface area contributed by atoms with Crippen molar-refractivity contribution in [2.45, 2.75) is 19.8 Å². The highest BCUT2D eigenvalue weighted by molar-refractivity contribution is 5.75. The fourth-order valence-corrected chi connectivity index (χ4v) is 2.26. The maximum Gasteiger partial charge on any atom is 0.317 e. The van der Waals surface area contributed by atoms with Crippen LogP contribution in [0, 0.1) is 5.92 Å². The van der Waals surface area contributed by atoms with Crippen molar-refractivity contribution in [2.75, 3.05) is 34.4 Å². The molecule has 0 fully saturated rings. The maximum atomic E-state index is 11.9. The molecule has 1 aromatic rings. The number of carbonyl (C=O) groups is 2. The van der Waals surface area contributed by atoms with Crippen LogP contribution in [0.5, 0.6) is 11.5 Å². The molecule has 2 amide bonds. The molecule has 0 spiro atoms. The number of benzene rings is 1. The van der Waals surface area contributed by atoms with Gasteiger partial charge in [-0.25, -0.2) is 4.79 Å². The summed E-state index contributed by atoms with van der Waals surface area (Å²) < 4.78 is 10.5. The topological polar surface area (TPSA) is 88.1 Å². The molecule has 1 atom stereocenters. The van der Waals surface area contributed by atoms with Gasteiger partial charge in [-0.05, 0) is 36.6 Å². The molecule has 0 saturated heterocycles. The number of nitrogens with zero attached hydrogens (tertiary/aromatic N) is 1. The Labute approximate surface area is 142 Å². The first kappa shape index (κ1) is 19.6. The lowest BCUT2D eigenvalue weighted by Crippen LogP contribution is -2.41. The van der Waals surface area contributed by atoms with Crippen LogP contribution in [0.25, 0.3) is 0 Å². The number of methoxy groups -OCH3 is 2. The number of nitrogens with one attached hydrogen (secondary N) is 1. The van der Waals surface area contributed by atoms with E-state index in [9.17, 15) is 9.59 Å². The van der Waals surface area contributed by atoms with Gasteiger partial charge in [-0.15, -0.1) is 0 Å². The van der Waals surface area contributed by atoms with Crippen LogP contribution in [0.15, 0.2) is 18.2 Å². The van der Waals surface area contributed by atoms with E-state index in [1.54, 1.807) is 28.2 Å². The summed E-state index contributed by atoms with van der Waals surface area (Å²) >= 11 is 0. The lowest BCUT2D eigenvalue weighted by atomic mass is 10.1. The minimum absolute atomic E-state index is 0.172. The van der Waals surface area contributed by atoms with Gasteiger partial charge in [0.25, 0.3) is 0 Å². The number of hydrogen-bond acceptors (Lipinski definition) is 4. The number of carboxylic acids is 1. The van der Waals surface area contributed by atoms with Gasteiger partial charge >= 0.3 is 12.0 Å². The van der Waals surface area contributed by atoms with Gasteiger partial charge in [-0.3, -0.25) is 4.79 Å². The molecule has 0 aliphatic carbocycles. The Kier molecular flexibility index (Phi) is 7.88. The van der Waals surface area contributed by atoms with Gasteiger partial charge in [0.05, 0.1) is 20.1 Å². The van der Waals surface area contributed by atoms with Crippen LogP contribution in [0.4, 0.5) is 4.79 Å². The molecular formula is C17H26N2O5. The average Bonchev–Trinajstić information content (AvgIpc) is 2.57. The Morgan fingerprint density at radius 2 is 2.00 bits per heavy atom. The van der Waals surface area contributed by atoms with Crippen molar-refractivity contribution >= 4 is 12.0 Å². The predicted molar refractivity (Wildman–Crippen MR) is 90.7 cm³/mol. The summed E-state index contributed by atoms with van der Waals surface area (Å²) in [5.41, 5.74) is 1.01. The first-order chi connectivity index (χ1) is 11.4. The standard InChI is InChI=1S/C17H26N2O5/c1-12(16(20)21)11-19(2)17(22)18-9-5-6-13-10-14(23-3)7-8-15(13)24-4/h7-8,10,12H,5-6,9,11H2,1-4H3,(H,18,22)(H,20,21). The molecule has 1 rings (SSSR count). The largest absolute Gasteiger partial charge is 0.497 e. The minimum atomic E-state index is -0.917. The number of hydrogen-bond donors (Lipinski definition) is 2. The summed E-state index contributed by atoms with van der Waals surface area (Å²) in [6.45, 7) is 2.23. The number of carboxylic acid groups (broad SMARTS) is 1. The smallest absolute Gasteiger partial charge is 0.317 e. The molecule has 0 heterocycles. The maximum absolute atomic E-state index is 11.9. The van der Waals surface area contributed by atoms with Crippen molar-refractivity contribution in [3.8, 4) is 11.5 Å². The number of aliphatic carboxylic acids is 1. The van der Waals surface area contributed by atoms with Crippen LogP contribution in [-0.4, -0.2) is 56.4 Å². The lowest BCUT2D eigenvalue weighted by Gasteiger charge is -2.20. The molecular weight excluding hydrogens is 312 g/mol. The van der Waals surface area contributed by atoms with E-state index in [4.69, 9.17) is 14.6 Å². The Balaban J connectivity index is 2.43. The molecule has 0 aliphatic rings. The summed E-state index contributed by atoms with van der Waals surface area (Å²) in [5, 5.41) is 11.6. The molecule has 2 N–H and O–H groups in total. The molecule has 7 nitrogen and oxygen atoms in total. The van der Waals surface area contributed by atoms with E-state index in [1.807, 2.05) is 18.2 Å². The number of amides is 2. The zero-order chi connectivity index (χ0) is 18.1. The first-order valence-electron chi connectivity index (χ1n) is 7.81. The Morgan fingerprint density at radius 3 is 2.58 bits per heavy atom. The van der Waals surface area contributed by atoms with Crippen molar-refractivity contribution in [1.29, 1.82) is 0 Å². The highest BCUT2D eigenvalue weighted by Crippen LogP contribution is 2.24. The highest BCUT2D eigenvalue weighted by atomic mass is 16.5. The van der Waals surface area contributed by atoms with Gasteiger partial charge in [-0.2, -0.15) is 0 Å². The average molecular weight is 338 g/mol. The number of carbonyl (C=O) groups excluding carboxylic acids is 1. The van der Waals surface area contributed by atoms with Gasteiger partial charge in [0.1, 0.15) is 11.5 Å². The van der Waals surface area contributed by atoms with E-state index in [2.05, 4.69) is 5.32 Å². The van der Waals surface area contributed by atoms with E-state index in [-0.39, 0.29) is 12.6 Å². The van der Waals surface area contributed by atoms with Crippen molar-refractivity contribution in [1.82, 2.24) is 10.2 Å². The second-order valence-electron chi connectivity index (χ2n) is 5.63. The summed E-state index contributed by atoms with van der Waals surface area (Å²) in [5.74, 6) is 0.0355. The highest BCUT2D eigenvalue weighted by Gasteiger charge is 2.16. The molecule has 1 aromatic carbocycles. The third-order valence-electron chi connectivity index (χ3n) is 3.70. The van der Waals surface area contributed by atoms with E-state index >= 15 is 0 Å². The number of rotatable bonds is 9. The predicted octanol–water partition coefficient (Wildman–Crippen LogP) is 2.00. The zero-order valence-corrected chi connectivity index (χ0v) is 14.7. The molecule has 134 valence electrons. The summed E-state index contributed by atoms with van der Waals surface area (Å²) in [6, 6.07) is 5.33. The van der Waals surface area contributed by atoms with Crippen molar-refractivity contribution in [2.24, 2.45) is 5.92 Å². The van der Waals surface area contributed by atoms with Gasteiger partial charge in [0.2, 0.25) is 0 Å². The zero-order valence-electron chi connectivity index (χ0n) is 14.7. The van der Waals surface area contributed by atoms with Crippen molar-refractivity contribution in [3.63, 3.8) is 0 Å². The summed E-state index contributed by atoms with van der Waals surface area (Å²) in [6.07, 6.45) is 1.47. The van der Waals surface area contributed by atoms with Crippen LogP contribution in [0.1, 0.15) is 18.9 Å². The third-order valence-corrected chi connectivity index (χ3v) is 3.70. The fraction of sp³-hybridized carbons (Fsp3) is 0.529. The molecule has 0 radical (unpaired) electrons.